The molecule has 0 radical (unpaired) electrons. The first-order valence-electron chi connectivity index (χ1n) is 5.15. The molecule has 0 aromatic heterocycles. The summed E-state index contributed by atoms with van der Waals surface area (Å²) < 4.78 is 5.40. The van der Waals surface area contributed by atoms with Gasteiger partial charge in [0.15, 0.2) is 0 Å². The van der Waals surface area contributed by atoms with Gasteiger partial charge in [-0.05, 0) is 24.6 Å². The predicted molar refractivity (Wildman–Crippen MR) is 60.2 cm³/mol. The molecule has 0 fully saturated rings. The lowest BCUT2D eigenvalue weighted by atomic mass is 10.2. The molecule has 5 heteroatoms. The number of nitrogen functional groups attached to an aromatic ring is 1. The normalized spacial score (nSPS) is 9.88. The lowest BCUT2D eigenvalue weighted by Gasteiger charge is -2.08. The second-order valence-electron chi connectivity index (χ2n) is 3.35. The highest BCUT2D eigenvalue weighted by molar-refractivity contribution is 5.96. The zero-order valence-corrected chi connectivity index (χ0v) is 9.19. The summed E-state index contributed by atoms with van der Waals surface area (Å²) in [5.74, 6) is 4.88. The van der Waals surface area contributed by atoms with Crippen LogP contribution in [0, 0.1) is 0 Å². The SMILES string of the molecule is CCCCOc1ccc(O)c(C(=O)NN)c1. The van der Waals surface area contributed by atoms with E-state index >= 15 is 0 Å². The van der Waals surface area contributed by atoms with Crippen LogP contribution in [0.15, 0.2) is 18.2 Å². The van der Waals surface area contributed by atoms with Crippen LogP contribution in [0.4, 0.5) is 0 Å². The van der Waals surface area contributed by atoms with Gasteiger partial charge in [0.2, 0.25) is 0 Å². The van der Waals surface area contributed by atoms with Gasteiger partial charge in [-0.25, -0.2) is 5.84 Å². The molecule has 1 rings (SSSR count). The molecule has 0 heterocycles. The maximum Gasteiger partial charge on any atom is 0.269 e. The van der Waals surface area contributed by atoms with Gasteiger partial charge in [0.05, 0.1) is 12.2 Å². The number of hydrogen-bond donors (Lipinski definition) is 3. The Labute approximate surface area is 94.2 Å². The number of benzene rings is 1. The molecule has 0 bridgehead atoms. The molecule has 88 valence electrons. The maximum absolute atomic E-state index is 11.3. The van der Waals surface area contributed by atoms with Crippen molar-refractivity contribution in [2.24, 2.45) is 5.84 Å². The molecule has 0 aliphatic heterocycles. The van der Waals surface area contributed by atoms with Crippen LogP contribution in [0.1, 0.15) is 30.1 Å². The maximum atomic E-state index is 11.3. The van der Waals surface area contributed by atoms with E-state index in [2.05, 4.69) is 6.92 Å². The number of carbonyl (C=O) groups excluding carboxylic acids is 1. The third kappa shape index (κ3) is 3.13. The lowest BCUT2D eigenvalue weighted by molar-refractivity contribution is 0.0950. The van der Waals surface area contributed by atoms with Crippen molar-refractivity contribution in [1.29, 1.82) is 0 Å². The number of rotatable bonds is 5. The lowest BCUT2D eigenvalue weighted by Crippen LogP contribution is -2.30. The average molecular weight is 224 g/mol. The van der Waals surface area contributed by atoms with Crippen molar-refractivity contribution in [3.63, 3.8) is 0 Å². The molecule has 0 aliphatic rings. The summed E-state index contributed by atoms with van der Waals surface area (Å²) >= 11 is 0. The van der Waals surface area contributed by atoms with Crippen molar-refractivity contribution in [2.45, 2.75) is 19.8 Å². The fourth-order valence-electron chi connectivity index (χ4n) is 1.20. The summed E-state index contributed by atoms with van der Waals surface area (Å²) in [5, 5.41) is 9.44. The van der Waals surface area contributed by atoms with Crippen molar-refractivity contribution in [3.8, 4) is 11.5 Å². The molecule has 0 atom stereocenters. The van der Waals surface area contributed by atoms with Crippen LogP contribution in [0.3, 0.4) is 0 Å². The number of nitrogens with one attached hydrogen (secondary N) is 1. The fraction of sp³-hybridized carbons (Fsp3) is 0.364. The van der Waals surface area contributed by atoms with Crippen molar-refractivity contribution in [2.75, 3.05) is 6.61 Å². The highest BCUT2D eigenvalue weighted by atomic mass is 16.5. The van der Waals surface area contributed by atoms with Crippen molar-refractivity contribution in [3.05, 3.63) is 23.8 Å². The molecule has 0 unspecified atom stereocenters. The minimum atomic E-state index is -0.543. The Morgan fingerprint density at radius 2 is 2.31 bits per heavy atom. The van der Waals surface area contributed by atoms with Crippen LogP contribution in [-0.2, 0) is 0 Å². The Balaban J connectivity index is 2.77. The van der Waals surface area contributed by atoms with Gasteiger partial charge < -0.3 is 9.84 Å². The standard InChI is InChI=1S/C11H16N2O3/c1-2-3-6-16-8-4-5-10(14)9(7-8)11(15)13-12/h4-5,7,14H,2-3,6,12H2,1H3,(H,13,15). The number of carbonyl (C=O) groups is 1. The highest BCUT2D eigenvalue weighted by Gasteiger charge is 2.10. The Bertz CT molecular complexity index is 366. The van der Waals surface area contributed by atoms with Crippen molar-refractivity contribution in [1.82, 2.24) is 5.43 Å². The zero-order chi connectivity index (χ0) is 12.0. The minimum absolute atomic E-state index is 0.108. The summed E-state index contributed by atoms with van der Waals surface area (Å²) in [6.07, 6.45) is 1.98. The van der Waals surface area contributed by atoms with E-state index in [1.807, 2.05) is 5.43 Å². The van der Waals surface area contributed by atoms with Gasteiger partial charge in [0.25, 0.3) is 5.91 Å². The fourth-order valence-corrected chi connectivity index (χ4v) is 1.20. The molecular formula is C11H16N2O3. The summed E-state index contributed by atoms with van der Waals surface area (Å²) in [7, 11) is 0. The second kappa shape index (κ2) is 5.97. The van der Waals surface area contributed by atoms with Gasteiger partial charge in [-0.1, -0.05) is 13.3 Å². The Morgan fingerprint density at radius 1 is 1.56 bits per heavy atom. The van der Waals surface area contributed by atoms with Crippen LogP contribution >= 0.6 is 0 Å². The molecule has 4 N–H and O–H groups in total. The predicted octanol–water partition coefficient (Wildman–Crippen LogP) is 1.17. The van der Waals surface area contributed by atoms with Gasteiger partial charge in [-0.3, -0.25) is 10.2 Å². The first-order valence-corrected chi connectivity index (χ1v) is 5.15. The number of hydrogen-bond acceptors (Lipinski definition) is 4. The first-order chi connectivity index (χ1) is 7.69. The third-order valence-electron chi connectivity index (χ3n) is 2.11. The highest BCUT2D eigenvalue weighted by Crippen LogP contribution is 2.22. The van der Waals surface area contributed by atoms with E-state index in [-0.39, 0.29) is 11.3 Å². The van der Waals surface area contributed by atoms with Crippen LogP contribution < -0.4 is 16.0 Å². The first kappa shape index (κ1) is 12.3. The number of nitrogens with two attached hydrogens (primary N) is 1. The van der Waals surface area contributed by atoms with Gasteiger partial charge in [0, 0.05) is 0 Å². The summed E-state index contributed by atoms with van der Waals surface area (Å²) in [6.45, 7) is 2.65. The third-order valence-corrected chi connectivity index (χ3v) is 2.11. The van der Waals surface area contributed by atoms with Crippen molar-refractivity contribution >= 4 is 5.91 Å². The van der Waals surface area contributed by atoms with E-state index in [4.69, 9.17) is 10.6 Å². The molecule has 1 amide bonds. The molecule has 0 spiro atoms. The van der Waals surface area contributed by atoms with Crippen LogP contribution in [0.2, 0.25) is 0 Å². The number of hydrazine groups is 1. The molecule has 1 aromatic rings. The molecule has 0 saturated carbocycles. The molecule has 5 nitrogen and oxygen atoms in total. The van der Waals surface area contributed by atoms with E-state index in [0.717, 1.165) is 12.8 Å². The molecule has 0 saturated heterocycles. The topological polar surface area (TPSA) is 84.6 Å². The largest absolute Gasteiger partial charge is 0.507 e. The van der Waals surface area contributed by atoms with Gasteiger partial charge in [-0.2, -0.15) is 0 Å². The minimum Gasteiger partial charge on any atom is -0.507 e. The van der Waals surface area contributed by atoms with Crippen LogP contribution in [0.25, 0.3) is 0 Å². The molecule has 1 aromatic carbocycles. The number of unbranched alkanes of at least 4 members (excludes halogenated alkanes) is 1. The van der Waals surface area contributed by atoms with Gasteiger partial charge in [0.1, 0.15) is 11.5 Å². The number of aromatic hydroxyl groups is 1. The monoisotopic (exact) mass is 224 g/mol. The van der Waals surface area contributed by atoms with Crippen molar-refractivity contribution < 1.29 is 14.6 Å². The Morgan fingerprint density at radius 3 is 2.94 bits per heavy atom. The van der Waals surface area contributed by atoms with Crippen LogP contribution in [-0.4, -0.2) is 17.6 Å². The van der Waals surface area contributed by atoms with E-state index in [1.54, 1.807) is 6.07 Å². The number of phenols is 1. The van der Waals surface area contributed by atoms with Gasteiger partial charge in [-0.15, -0.1) is 0 Å². The molecular weight excluding hydrogens is 208 g/mol. The number of ether oxygens (including phenoxy) is 1. The molecule has 0 aliphatic carbocycles. The van der Waals surface area contributed by atoms with Crippen LogP contribution in [0.5, 0.6) is 11.5 Å². The summed E-state index contributed by atoms with van der Waals surface area (Å²) in [4.78, 5) is 11.3. The van der Waals surface area contributed by atoms with E-state index in [9.17, 15) is 9.90 Å². The quantitative estimate of drug-likeness (QED) is 0.303. The zero-order valence-electron chi connectivity index (χ0n) is 9.19. The van der Waals surface area contributed by atoms with E-state index < -0.39 is 5.91 Å². The summed E-state index contributed by atoms with van der Waals surface area (Å²) in [5.41, 5.74) is 2.07. The van der Waals surface area contributed by atoms with E-state index in [0.29, 0.717) is 12.4 Å². The summed E-state index contributed by atoms with van der Waals surface area (Å²) in [6, 6.07) is 4.48. The molecule has 16 heavy (non-hydrogen) atoms. The average Bonchev–Trinajstić information content (AvgIpc) is 2.30. The van der Waals surface area contributed by atoms with E-state index in [1.165, 1.54) is 12.1 Å². The number of amides is 1. The van der Waals surface area contributed by atoms with Gasteiger partial charge >= 0.3 is 0 Å². The second-order valence-corrected chi connectivity index (χ2v) is 3.35. The smallest absolute Gasteiger partial charge is 0.269 e. The Kier molecular flexibility index (Phi) is 4.60. The Hall–Kier alpha value is -1.75. The number of phenolic OH excluding ortho intramolecular Hbond substituents is 1.